The van der Waals surface area contributed by atoms with Crippen molar-refractivity contribution in [3.63, 3.8) is 0 Å². The lowest BCUT2D eigenvalue weighted by molar-refractivity contribution is 0.0944. The van der Waals surface area contributed by atoms with Gasteiger partial charge in [0, 0.05) is 30.6 Å². The summed E-state index contributed by atoms with van der Waals surface area (Å²) in [6.07, 6.45) is 9.48. The molecule has 5 nitrogen and oxygen atoms in total. The molecule has 184 valence electrons. The Morgan fingerprint density at radius 1 is 0.972 bits per heavy atom. The molecular formula is C29H28BrN3O2S. The van der Waals surface area contributed by atoms with E-state index in [-0.39, 0.29) is 17.6 Å². The van der Waals surface area contributed by atoms with Gasteiger partial charge in [-0.1, -0.05) is 12.5 Å². The van der Waals surface area contributed by atoms with Crippen LogP contribution in [0.1, 0.15) is 77.4 Å². The maximum atomic E-state index is 12.9. The van der Waals surface area contributed by atoms with Crippen molar-refractivity contribution in [2.45, 2.75) is 57.4 Å². The minimum atomic E-state index is 0.213. The van der Waals surface area contributed by atoms with Crippen LogP contribution in [0.25, 0.3) is 22.6 Å². The molecule has 0 radical (unpaired) electrons. The molecule has 3 heterocycles. The first-order chi connectivity index (χ1) is 17.5. The summed E-state index contributed by atoms with van der Waals surface area (Å²) in [7, 11) is 0. The molecule has 1 aromatic carbocycles. The number of Topliss-reactive ketones (excluding diaryl/α,β-unsaturated/α-hetero) is 2. The average molecular weight is 563 g/mol. The molecule has 2 unspecified atom stereocenters. The molecule has 0 bridgehead atoms. The number of nitrogens with zero attached hydrogens (tertiary/aromatic N) is 3. The number of carbonyl (C=O) groups is 2. The molecular weight excluding hydrogens is 534 g/mol. The summed E-state index contributed by atoms with van der Waals surface area (Å²) in [5.74, 6) is 2.19. The normalized spacial score (nSPS) is 20.0. The van der Waals surface area contributed by atoms with Crippen LogP contribution >= 0.6 is 27.3 Å². The van der Waals surface area contributed by atoms with Gasteiger partial charge in [-0.2, -0.15) is 0 Å². The van der Waals surface area contributed by atoms with Gasteiger partial charge in [-0.25, -0.2) is 4.98 Å². The fraction of sp³-hybridized carbons (Fsp3) is 0.379. The lowest BCUT2D eigenvalue weighted by Gasteiger charge is -2.31. The highest BCUT2D eigenvalue weighted by Gasteiger charge is 2.30. The lowest BCUT2D eigenvalue weighted by Crippen LogP contribution is -2.22. The van der Waals surface area contributed by atoms with E-state index in [0.29, 0.717) is 24.7 Å². The zero-order valence-electron chi connectivity index (χ0n) is 20.0. The van der Waals surface area contributed by atoms with Gasteiger partial charge in [0.1, 0.15) is 5.69 Å². The van der Waals surface area contributed by atoms with Crippen molar-refractivity contribution in [1.29, 1.82) is 0 Å². The minimum Gasteiger partial charge on any atom is -0.320 e. The second-order valence-corrected chi connectivity index (χ2v) is 12.7. The first kappa shape index (κ1) is 23.7. The SMILES string of the molecule is O=C(CC1CC1)c1ccc2c(c1)nc(-c1ccccn1)n2C1CCCC(CC(=O)c2ccc(Br)s2)C1. The molecule has 7 heteroatoms. The summed E-state index contributed by atoms with van der Waals surface area (Å²) in [6, 6.07) is 16.0. The van der Waals surface area contributed by atoms with Gasteiger partial charge in [0.2, 0.25) is 0 Å². The number of pyridine rings is 1. The molecule has 2 atom stereocenters. The molecule has 0 spiro atoms. The predicted molar refractivity (Wildman–Crippen MR) is 147 cm³/mol. The number of ketones is 2. The molecule has 2 saturated carbocycles. The molecule has 0 N–H and O–H groups in total. The largest absolute Gasteiger partial charge is 0.320 e. The van der Waals surface area contributed by atoms with Crippen molar-refractivity contribution in [3.8, 4) is 11.5 Å². The van der Waals surface area contributed by atoms with Gasteiger partial charge in [-0.05, 0) is 102 Å². The average Bonchev–Trinajstić information content (AvgIpc) is 3.46. The van der Waals surface area contributed by atoms with E-state index in [1.54, 1.807) is 6.20 Å². The number of thiophene rings is 1. The lowest BCUT2D eigenvalue weighted by atomic mass is 9.82. The highest BCUT2D eigenvalue weighted by atomic mass is 79.9. The van der Waals surface area contributed by atoms with E-state index in [0.717, 1.165) is 62.5 Å². The maximum absolute atomic E-state index is 12.9. The number of benzene rings is 1. The van der Waals surface area contributed by atoms with Crippen LogP contribution in [0.5, 0.6) is 0 Å². The number of imidazole rings is 1. The van der Waals surface area contributed by atoms with Crippen LogP contribution in [-0.4, -0.2) is 26.1 Å². The molecule has 3 aromatic heterocycles. The van der Waals surface area contributed by atoms with Crippen molar-refractivity contribution in [1.82, 2.24) is 14.5 Å². The van der Waals surface area contributed by atoms with Crippen molar-refractivity contribution in [2.24, 2.45) is 11.8 Å². The van der Waals surface area contributed by atoms with E-state index in [2.05, 4.69) is 31.5 Å². The molecule has 4 aromatic rings. The van der Waals surface area contributed by atoms with E-state index in [1.807, 2.05) is 42.5 Å². The fourth-order valence-corrected chi connectivity index (χ4v) is 6.86. The Bertz CT molecular complexity index is 1420. The van der Waals surface area contributed by atoms with Gasteiger partial charge in [-0.3, -0.25) is 14.6 Å². The number of rotatable bonds is 8. The summed E-state index contributed by atoms with van der Waals surface area (Å²) < 4.78 is 3.32. The van der Waals surface area contributed by atoms with Crippen LogP contribution in [0.4, 0.5) is 0 Å². The summed E-state index contributed by atoms with van der Waals surface area (Å²) in [4.78, 5) is 36.2. The van der Waals surface area contributed by atoms with E-state index in [9.17, 15) is 9.59 Å². The van der Waals surface area contributed by atoms with Crippen LogP contribution in [-0.2, 0) is 0 Å². The molecule has 0 aliphatic heterocycles. The third-order valence-electron chi connectivity index (χ3n) is 7.52. The van der Waals surface area contributed by atoms with Crippen LogP contribution in [0.15, 0.2) is 58.5 Å². The van der Waals surface area contributed by atoms with E-state index in [4.69, 9.17) is 4.98 Å². The van der Waals surface area contributed by atoms with Crippen molar-refractivity contribution >= 4 is 49.9 Å². The number of fused-ring (bicyclic) bond motifs is 1. The van der Waals surface area contributed by atoms with Gasteiger partial charge in [0.05, 0.1) is 19.7 Å². The van der Waals surface area contributed by atoms with E-state index in [1.165, 1.54) is 24.2 Å². The van der Waals surface area contributed by atoms with Crippen molar-refractivity contribution in [3.05, 3.63) is 69.0 Å². The summed E-state index contributed by atoms with van der Waals surface area (Å²) >= 11 is 4.98. The number of carbonyl (C=O) groups excluding carboxylic acids is 2. The number of hydrogen-bond donors (Lipinski definition) is 0. The van der Waals surface area contributed by atoms with Crippen LogP contribution in [0, 0.1) is 11.8 Å². The minimum absolute atomic E-state index is 0.213. The quantitative estimate of drug-likeness (QED) is 0.205. The Balaban J connectivity index is 1.32. The topological polar surface area (TPSA) is 64.8 Å². The summed E-state index contributed by atoms with van der Waals surface area (Å²) in [5, 5.41) is 0. The van der Waals surface area contributed by atoms with Crippen molar-refractivity contribution < 1.29 is 9.59 Å². The van der Waals surface area contributed by atoms with Crippen LogP contribution in [0.2, 0.25) is 0 Å². The second-order valence-electron chi connectivity index (χ2n) is 10.2. The Morgan fingerprint density at radius 2 is 1.83 bits per heavy atom. The number of hydrogen-bond acceptors (Lipinski definition) is 5. The molecule has 6 rings (SSSR count). The van der Waals surface area contributed by atoms with Crippen LogP contribution in [0.3, 0.4) is 0 Å². The maximum Gasteiger partial charge on any atom is 0.173 e. The fourth-order valence-electron chi connectivity index (χ4n) is 5.53. The molecule has 2 fully saturated rings. The molecule has 36 heavy (non-hydrogen) atoms. The first-order valence-corrected chi connectivity index (χ1v) is 14.4. The van der Waals surface area contributed by atoms with Crippen LogP contribution < -0.4 is 0 Å². The van der Waals surface area contributed by atoms with E-state index < -0.39 is 0 Å². The van der Waals surface area contributed by atoms with Gasteiger partial charge in [0.25, 0.3) is 0 Å². The standard InChI is InChI=1S/C29H28BrN3O2S/c30-28-12-11-27(36-28)26(35)16-19-4-3-5-21(14-19)33-24-10-9-20(25(34)15-18-7-8-18)17-23(24)32-29(33)22-6-1-2-13-31-22/h1-2,6,9-13,17-19,21H,3-5,7-8,14-16H2. The van der Waals surface area contributed by atoms with Crippen molar-refractivity contribution in [2.75, 3.05) is 0 Å². The number of aromatic nitrogens is 3. The molecule has 0 amide bonds. The highest BCUT2D eigenvalue weighted by molar-refractivity contribution is 9.11. The highest BCUT2D eigenvalue weighted by Crippen LogP contribution is 2.40. The zero-order chi connectivity index (χ0) is 24.6. The number of halogens is 1. The predicted octanol–water partition coefficient (Wildman–Crippen LogP) is 7.91. The van der Waals surface area contributed by atoms with Gasteiger partial charge < -0.3 is 4.57 Å². The first-order valence-electron chi connectivity index (χ1n) is 12.8. The zero-order valence-corrected chi connectivity index (χ0v) is 22.4. The Hall–Kier alpha value is -2.64. The summed E-state index contributed by atoms with van der Waals surface area (Å²) in [6.45, 7) is 0. The Morgan fingerprint density at radius 3 is 2.58 bits per heavy atom. The molecule has 2 aliphatic carbocycles. The summed E-state index contributed by atoms with van der Waals surface area (Å²) in [5.41, 5.74) is 3.47. The Labute approximate surface area is 223 Å². The van der Waals surface area contributed by atoms with Gasteiger partial charge >= 0.3 is 0 Å². The van der Waals surface area contributed by atoms with E-state index >= 15 is 0 Å². The molecule has 0 saturated heterocycles. The second kappa shape index (κ2) is 10.0. The molecule has 2 aliphatic rings. The van der Waals surface area contributed by atoms with Gasteiger partial charge in [-0.15, -0.1) is 11.3 Å². The third-order valence-corrected chi connectivity index (χ3v) is 9.18. The third kappa shape index (κ3) is 4.96. The smallest absolute Gasteiger partial charge is 0.173 e. The Kier molecular flexibility index (Phi) is 6.61. The van der Waals surface area contributed by atoms with Gasteiger partial charge in [0.15, 0.2) is 17.4 Å². The monoisotopic (exact) mass is 561 g/mol.